The third-order valence-corrected chi connectivity index (χ3v) is 7.04. The maximum absolute atomic E-state index is 13.8. The lowest BCUT2D eigenvalue weighted by Gasteiger charge is -2.32. The largest absolute Gasteiger partial charge is 0.354 e. The summed E-state index contributed by atoms with van der Waals surface area (Å²) in [5.41, 5.74) is 4.10. The van der Waals surface area contributed by atoms with Gasteiger partial charge in [-0.1, -0.05) is 105 Å². The van der Waals surface area contributed by atoms with Crippen LogP contribution in [0.3, 0.4) is 0 Å². The quantitative estimate of drug-likeness (QED) is 0.264. The minimum Gasteiger partial charge on any atom is -0.354 e. The molecule has 1 N–H and O–H groups in total. The standard InChI is InChI=1S/C31H36Cl2N2O2/c1-4-18-34-31(37)29(19-24-8-6-5-7-9-24)35(21-26-15-16-27(32)20-28(26)33)30(36)17-12-23-10-13-25(14-11-23)22(2)3/h5-11,13-16,20,22,29H,4,12,17-19,21H2,1-3H3,(H,34,37)/t29-/m1/s1. The number of rotatable bonds is 12. The van der Waals surface area contributed by atoms with Crippen molar-refractivity contribution in [2.45, 2.75) is 65.0 Å². The highest BCUT2D eigenvalue weighted by Crippen LogP contribution is 2.25. The first kappa shape index (κ1) is 28.7. The SMILES string of the molecule is CCCNC(=O)[C@@H](Cc1ccccc1)N(Cc1ccc(Cl)cc1Cl)C(=O)CCc1ccc(C(C)C)cc1. The van der Waals surface area contributed by atoms with Gasteiger partial charge in [-0.2, -0.15) is 0 Å². The van der Waals surface area contributed by atoms with E-state index in [1.807, 2.05) is 43.3 Å². The highest BCUT2D eigenvalue weighted by molar-refractivity contribution is 6.35. The minimum absolute atomic E-state index is 0.0912. The molecule has 0 saturated heterocycles. The molecule has 0 bridgehead atoms. The van der Waals surface area contributed by atoms with Gasteiger partial charge in [-0.25, -0.2) is 0 Å². The molecule has 3 rings (SSSR count). The number of halogens is 2. The second-order valence-electron chi connectivity index (χ2n) is 9.65. The van der Waals surface area contributed by atoms with Crippen LogP contribution in [0.5, 0.6) is 0 Å². The summed E-state index contributed by atoms with van der Waals surface area (Å²) in [6, 6.07) is 22.8. The number of amides is 2. The van der Waals surface area contributed by atoms with E-state index in [4.69, 9.17) is 23.2 Å². The van der Waals surface area contributed by atoms with Crippen LogP contribution in [0.2, 0.25) is 10.0 Å². The van der Waals surface area contributed by atoms with Crippen molar-refractivity contribution in [1.29, 1.82) is 0 Å². The molecule has 0 aromatic heterocycles. The van der Waals surface area contributed by atoms with Gasteiger partial charge in [0.15, 0.2) is 0 Å². The summed E-state index contributed by atoms with van der Waals surface area (Å²) in [4.78, 5) is 28.8. The molecule has 3 aromatic carbocycles. The molecular weight excluding hydrogens is 503 g/mol. The van der Waals surface area contributed by atoms with Crippen LogP contribution in [-0.2, 0) is 29.0 Å². The first-order chi connectivity index (χ1) is 17.8. The first-order valence-electron chi connectivity index (χ1n) is 12.9. The summed E-state index contributed by atoms with van der Waals surface area (Å²) in [5, 5.41) is 4.00. The number of hydrogen-bond donors (Lipinski definition) is 1. The summed E-state index contributed by atoms with van der Waals surface area (Å²) in [5.74, 6) is 0.202. The molecule has 196 valence electrons. The normalized spacial score (nSPS) is 11.8. The fourth-order valence-corrected chi connectivity index (χ4v) is 4.69. The Bertz CT molecular complexity index is 1160. The third kappa shape index (κ3) is 8.62. The van der Waals surface area contributed by atoms with Crippen LogP contribution in [0.4, 0.5) is 0 Å². The zero-order valence-electron chi connectivity index (χ0n) is 21.8. The molecule has 0 aliphatic carbocycles. The number of aryl methyl sites for hydroxylation is 1. The highest BCUT2D eigenvalue weighted by atomic mass is 35.5. The second kappa shape index (κ2) is 14.2. The fraction of sp³-hybridized carbons (Fsp3) is 0.355. The van der Waals surface area contributed by atoms with Gasteiger partial charge in [-0.15, -0.1) is 0 Å². The lowest BCUT2D eigenvalue weighted by atomic mass is 9.99. The smallest absolute Gasteiger partial charge is 0.243 e. The summed E-state index contributed by atoms with van der Waals surface area (Å²) in [6.07, 6.45) is 2.11. The molecule has 3 aromatic rings. The zero-order valence-corrected chi connectivity index (χ0v) is 23.4. The van der Waals surface area contributed by atoms with Crippen LogP contribution in [0, 0.1) is 0 Å². The van der Waals surface area contributed by atoms with Gasteiger partial charge in [0.05, 0.1) is 0 Å². The molecule has 1 atom stereocenters. The van der Waals surface area contributed by atoms with E-state index in [9.17, 15) is 9.59 Å². The number of hydrogen-bond acceptors (Lipinski definition) is 2. The molecule has 4 nitrogen and oxygen atoms in total. The van der Waals surface area contributed by atoms with Gasteiger partial charge in [0, 0.05) is 36.0 Å². The summed E-state index contributed by atoms with van der Waals surface area (Å²) in [7, 11) is 0. The van der Waals surface area contributed by atoms with E-state index >= 15 is 0 Å². The van der Waals surface area contributed by atoms with Crippen LogP contribution >= 0.6 is 23.2 Å². The van der Waals surface area contributed by atoms with Crippen LogP contribution in [0.1, 0.15) is 61.8 Å². The van der Waals surface area contributed by atoms with E-state index in [1.54, 1.807) is 17.0 Å². The maximum atomic E-state index is 13.8. The number of carbonyl (C=O) groups excluding carboxylic acids is 2. The van der Waals surface area contributed by atoms with Crippen LogP contribution in [-0.4, -0.2) is 29.3 Å². The molecule has 6 heteroatoms. The van der Waals surface area contributed by atoms with Crippen molar-refractivity contribution in [3.8, 4) is 0 Å². The molecule has 0 saturated carbocycles. The van der Waals surface area contributed by atoms with E-state index in [1.165, 1.54) is 5.56 Å². The molecule has 2 amide bonds. The third-order valence-electron chi connectivity index (χ3n) is 6.45. The van der Waals surface area contributed by atoms with Crippen LogP contribution in [0.15, 0.2) is 72.8 Å². The highest BCUT2D eigenvalue weighted by Gasteiger charge is 2.30. The average Bonchev–Trinajstić information content (AvgIpc) is 2.89. The second-order valence-corrected chi connectivity index (χ2v) is 10.5. The molecule has 0 aliphatic heterocycles. The van der Waals surface area contributed by atoms with Crippen molar-refractivity contribution < 1.29 is 9.59 Å². The van der Waals surface area contributed by atoms with Crippen molar-refractivity contribution in [1.82, 2.24) is 10.2 Å². The van der Waals surface area contributed by atoms with Gasteiger partial charge in [-0.05, 0) is 53.1 Å². The summed E-state index contributed by atoms with van der Waals surface area (Å²) < 4.78 is 0. The van der Waals surface area contributed by atoms with E-state index < -0.39 is 6.04 Å². The Balaban J connectivity index is 1.89. The summed E-state index contributed by atoms with van der Waals surface area (Å²) >= 11 is 12.6. The van der Waals surface area contributed by atoms with E-state index in [-0.39, 0.29) is 18.4 Å². The van der Waals surface area contributed by atoms with Gasteiger partial charge in [0.2, 0.25) is 11.8 Å². The molecular formula is C31H36Cl2N2O2. The van der Waals surface area contributed by atoms with Crippen molar-refractivity contribution in [3.05, 3.63) is 105 Å². The van der Waals surface area contributed by atoms with Gasteiger partial charge < -0.3 is 10.2 Å². The van der Waals surface area contributed by atoms with Crippen molar-refractivity contribution in [2.24, 2.45) is 0 Å². The Kier molecular flexibility index (Phi) is 11.0. The topological polar surface area (TPSA) is 49.4 Å². The molecule has 0 aliphatic rings. The number of benzene rings is 3. The van der Waals surface area contributed by atoms with Crippen molar-refractivity contribution in [2.75, 3.05) is 6.54 Å². The monoisotopic (exact) mass is 538 g/mol. The Morgan fingerprint density at radius 2 is 1.62 bits per heavy atom. The molecule has 0 spiro atoms. The van der Waals surface area contributed by atoms with Crippen molar-refractivity contribution >= 4 is 35.0 Å². The van der Waals surface area contributed by atoms with Crippen molar-refractivity contribution in [3.63, 3.8) is 0 Å². The summed E-state index contributed by atoms with van der Waals surface area (Å²) in [6.45, 7) is 7.10. The average molecular weight is 540 g/mol. The molecule has 0 fully saturated rings. The number of nitrogens with one attached hydrogen (secondary N) is 1. The predicted molar refractivity (Wildman–Crippen MR) is 153 cm³/mol. The lowest BCUT2D eigenvalue weighted by Crippen LogP contribution is -2.50. The zero-order chi connectivity index (χ0) is 26.8. The molecule has 37 heavy (non-hydrogen) atoms. The lowest BCUT2D eigenvalue weighted by molar-refractivity contribution is -0.141. The van der Waals surface area contributed by atoms with Crippen LogP contribution in [0.25, 0.3) is 0 Å². The fourth-order valence-electron chi connectivity index (χ4n) is 4.22. The Hall–Kier alpha value is -2.82. The number of carbonyl (C=O) groups is 2. The molecule has 0 radical (unpaired) electrons. The Morgan fingerprint density at radius 3 is 2.24 bits per heavy atom. The van der Waals surface area contributed by atoms with Crippen LogP contribution < -0.4 is 5.32 Å². The Labute approximate surface area is 231 Å². The Morgan fingerprint density at radius 1 is 0.919 bits per heavy atom. The molecule has 0 heterocycles. The molecule has 0 unspecified atom stereocenters. The predicted octanol–water partition coefficient (Wildman–Crippen LogP) is 7.22. The first-order valence-corrected chi connectivity index (χ1v) is 13.7. The van der Waals surface area contributed by atoms with Gasteiger partial charge in [0.25, 0.3) is 0 Å². The van der Waals surface area contributed by atoms with E-state index in [0.717, 1.165) is 23.1 Å². The maximum Gasteiger partial charge on any atom is 0.243 e. The van der Waals surface area contributed by atoms with Gasteiger partial charge >= 0.3 is 0 Å². The van der Waals surface area contributed by atoms with E-state index in [2.05, 4.69) is 43.4 Å². The minimum atomic E-state index is -0.670. The number of nitrogens with zero attached hydrogens (tertiary/aromatic N) is 1. The van der Waals surface area contributed by atoms with Gasteiger partial charge in [0.1, 0.15) is 6.04 Å². The van der Waals surface area contributed by atoms with Gasteiger partial charge in [-0.3, -0.25) is 9.59 Å². The van der Waals surface area contributed by atoms with E-state index in [0.29, 0.717) is 41.8 Å².